The van der Waals surface area contributed by atoms with Crippen LogP contribution in [0, 0.1) is 0 Å². The normalized spacial score (nSPS) is 12.2. The van der Waals surface area contributed by atoms with Crippen molar-refractivity contribution in [3.05, 3.63) is 24.7 Å². The first-order valence-corrected chi connectivity index (χ1v) is 4.64. The van der Waals surface area contributed by atoms with Gasteiger partial charge in [0.1, 0.15) is 12.4 Å². The van der Waals surface area contributed by atoms with E-state index in [1.54, 1.807) is 12.3 Å². The van der Waals surface area contributed by atoms with Gasteiger partial charge in [-0.1, -0.05) is 4.98 Å². The minimum Gasteiger partial charge on any atom is -0.372 e. The Morgan fingerprint density at radius 1 is 1.43 bits per heavy atom. The Morgan fingerprint density at radius 3 is 2.79 bits per heavy atom. The summed E-state index contributed by atoms with van der Waals surface area (Å²) in [6, 6.07) is 1.79. The van der Waals surface area contributed by atoms with Crippen molar-refractivity contribution in [1.82, 2.24) is 9.38 Å². The van der Waals surface area contributed by atoms with Gasteiger partial charge in [0.2, 0.25) is 0 Å². The van der Waals surface area contributed by atoms with Crippen molar-refractivity contribution in [3.8, 4) is 0 Å². The fourth-order valence-corrected chi connectivity index (χ4v) is 1.49. The van der Waals surface area contributed by atoms with E-state index < -0.39 is 0 Å². The Kier molecular flexibility index (Phi) is 1.74. The van der Waals surface area contributed by atoms with Crippen LogP contribution in [0.15, 0.2) is 24.7 Å². The van der Waals surface area contributed by atoms with E-state index in [4.69, 9.17) is 5.73 Å². The number of anilines is 1. The molecule has 2 rings (SSSR count). The lowest BCUT2D eigenvalue weighted by Gasteiger charge is -2.15. The Bertz CT molecular complexity index is 464. The van der Waals surface area contributed by atoms with Gasteiger partial charge in [-0.2, -0.15) is 4.40 Å². The van der Waals surface area contributed by atoms with Crippen LogP contribution >= 0.6 is 0 Å². The van der Waals surface area contributed by atoms with Crippen LogP contribution < -0.4 is 10.3 Å². The lowest BCUT2D eigenvalue weighted by molar-refractivity contribution is -0.731. The van der Waals surface area contributed by atoms with E-state index in [1.807, 2.05) is 16.8 Å². The molecule has 2 aromatic rings. The summed E-state index contributed by atoms with van der Waals surface area (Å²) < 4.78 is 3.98. The van der Waals surface area contributed by atoms with Crippen molar-refractivity contribution in [2.75, 3.05) is 5.73 Å². The number of nitrogens with zero attached hydrogens (tertiary/aromatic N) is 3. The molecule has 0 bridgehead atoms. The summed E-state index contributed by atoms with van der Waals surface area (Å²) in [5.41, 5.74) is 5.85. The first-order chi connectivity index (χ1) is 6.50. The average Bonchev–Trinajstić information content (AvgIpc) is 2.47. The molecular weight excluding hydrogens is 176 g/mol. The summed E-state index contributed by atoms with van der Waals surface area (Å²) in [6.45, 7) is 6.41. The number of hydrogen-bond acceptors (Lipinski definition) is 2. The molecule has 0 fully saturated rings. The standard InChI is InChI=1S/C10H14N4/c1-10(2,3)14-7-6-13-8(11)4-5-12-9(13)14/h4-7,11H,1-3H3/p+1. The van der Waals surface area contributed by atoms with Gasteiger partial charge in [0.25, 0.3) is 0 Å². The Balaban J connectivity index is 2.76. The summed E-state index contributed by atoms with van der Waals surface area (Å²) in [5.74, 6) is 1.58. The van der Waals surface area contributed by atoms with Crippen LogP contribution in [-0.2, 0) is 5.54 Å². The summed E-state index contributed by atoms with van der Waals surface area (Å²) in [4.78, 5) is 4.31. The number of imidazole rings is 1. The minimum absolute atomic E-state index is 0.0234. The molecule has 2 N–H and O–H groups in total. The van der Waals surface area contributed by atoms with Gasteiger partial charge in [0, 0.05) is 6.07 Å². The highest BCUT2D eigenvalue weighted by atomic mass is 15.2. The van der Waals surface area contributed by atoms with Crippen molar-refractivity contribution in [2.24, 2.45) is 0 Å². The Morgan fingerprint density at radius 2 is 2.14 bits per heavy atom. The third-order valence-electron chi connectivity index (χ3n) is 2.23. The van der Waals surface area contributed by atoms with Gasteiger partial charge in [-0.3, -0.25) is 0 Å². The minimum atomic E-state index is 0.0234. The second-order valence-corrected chi connectivity index (χ2v) is 4.38. The van der Waals surface area contributed by atoms with Crippen LogP contribution in [0.4, 0.5) is 5.82 Å². The third-order valence-corrected chi connectivity index (χ3v) is 2.23. The maximum Gasteiger partial charge on any atom is 0.405 e. The highest BCUT2D eigenvalue weighted by Gasteiger charge is 2.23. The zero-order valence-electron chi connectivity index (χ0n) is 8.73. The highest BCUT2D eigenvalue weighted by molar-refractivity contribution is 5.36. The molecule has 2 heterocycles. The zero-order chi connectivity index (χ0) is 10.3. The van der Waals surface area contributed by atoms with Crippen molar-refractivity contribution in [1.29, 1.82) is 0 Å². The van der Waals surface area contributed by atoms with E-state index in [0.717, 1.165) is 5.78 Å². The second-order valence-electron chi connectivity index (χ2n) is 4.38. The van der Waals surface area contributed by atoms with E-state index >= 15 is 0 Å². The van der Waals surface area contributed by atoms with E-state index in [0.29, 0.717) is 5.82 Å². The molecule has 4 heteroatoms. The SMILES string of the molecule is CC(C)(C)[n+]1ccn2c(N)ccnc21. The van der Waals surface area contributed by atoms with Gasteiger partial charge >= 0.3 is 5.78 Å². The maximum atomic E-state index is 5.82. The molecule has 0 radical (unpaired) electrons. The van der Waals surface area contributed by atoms with Gasteiger partial charge in [-0.15, -0.1) is 0 Å². The number of nitrogen functional groups attached to an aromatic ring is 1. The van der Waals surface area contributed by atoms with Crippen molar-refractivity contribution >= 4 is 11.6 Å². The van der Waals surface area contributed by atoms with Crippen LogP contribution in [0.2, 0.25) is 0 Å². The highest BCUT2D eigenvalue weighted by Crippen LogP contribution is 2.09. The first kappa shape index (κ1) is 8.99. The molecule has 0 saturated heterocycles. The first-order valence-electron chi connectivity index (χ1n) is 4.64. The van der Waals surface area contributed by atoms with E-state index in [2.05, 4.69) is 30.3 Å². The van der Waals surface area contributed by atoms with Crippen molar-refractivity contribution in [3.63, 3.8) is 0 Å². The van der Waals surface area contributed by atoms with Crippen LogP contribution in [0.5, 0.6) is 0 Å². The van der Waals surface area contributed by atoms with E-state index in [-0.39, 0.29) is 5.54 Å². The van der Waals surface area contributed by atoms with E-state index in [9.17, 15) is 0 Å². The monoisotopic (exact) mass is 191 g/mol. The van der Waals surface area contributed by atoms with Gasteiger partial charge in [0.15, 0.2) is 5.82 Å². The maximum absolute atomic E-state index is 5.82. The predicted octanol–water partition coefficient (Wildman–Crippen LogP) is 0.959. The molecule has 4 nitrogen and oxygen atoms in total. The van der Waals surface area contributed by atoms with Crippen LogP contribution in [0.25, 0.3) is 5.78 Å². The number of aromatic nitrogens is 3. The number of rotatable bonds is 0. The quantitative estimate of drug-likeness (QED) is 0.630. The Labute approximate surface area is 83.0 Å². The molecule has 2 aromatic heterocycles. The number of fused-ring (bicyclic) bond motifs is 1. The van der Waals surface area contributed by atoms with Crippen LogP contribution in [0.3, 0.4) is 0 Å². The summed E-state index contributed by atoms with van der Waals surface area (Å²) >= 11 is 0. The topological polar surface area (TPSA) is 47.2 Å². The summed E-state index contributed by atoms with van der Waals surface area (Å²) in [7, 11) is 0. The molecule has 0 aromatic carbocycles. The van der Waals surface area contributed by atoms with Gasteiger partial charge in [-0.25, -0.2) is 4.57 Å². The molecule has 0 atom stereocenters. The fourth-order valence-electron chi connectivity index (χ4n) is 1.49. The smallest absolute Gasteiger partial charge is 0.372 e. The molecule has 0 aliphatic rings. The zero-order valence-corrected chi connectivity index (χ0v) is 8.73. The van der Waals surface area contributed by atoms with Gasteiger partial charge < -0.3 is 5.73 Å². The molecule has 74 valence electrons. The average molecular weight is 191 g/mol. The Hall–Kier alpha value is -1.58. The second kappa shape index (κ2) is 2.70. The van der Waals surface area contributed by atoms with Crippen molar-refractivity contribution in [2.45, 2.75) is 26.3 Å². The molecule has 0 aliphatic carbocycles. The van der Waals surface area contributed by atoms with Crippen LogP contribution in [0.1, 0.15) is 20.8 Å². The molecular formula is C10H15N4+. The number of hydrogen-bond donors (Lipinski definition) is 1. The molecule has 0 saturated carbocycles. The number of nitrogens with two attached hydrogens (primary N) is 1. The van der Waals surface area contributed by atoms with Gasteiger partial charge in [0.05, 0.1) is 11.7 Å². The summed E-state index contributed by atoms with van der Waals surface area (Å²) in [5, 5.41) is 0. The third kappa shape index (κ3) is 1.23. The lowest BCUT2D eigenvalue weighted by Crippen LogP contribution is -2.49. The molecule has 14 heavy (non-hydrogen) atoms. The largest absolute Gasteiger partial charge is 0.405 e. The summed E-state index contributed by atoms with van der Waals surface area (Å²) in [6.07, 6.45) is 5.66. The van der Waals surface area contributed by atoms with Gasteiger partial charge in [-0.05, 0) is 20.8 Å². The fraction of sp³-hybridized carbons (Fsp3) is 0.400. The molecule has 0 unspecified atom stereocenters. The van der Waals surface area contributed by atoms with Crippen LogP contribution in [-0.4, -0.2) is 9.38 Å². The molecule has 0 aliphatic heterocycles. The molecule has 0 amide bonds. The molecule has 0 spiro atoms. The van der Waals surface area contributed by atoms with E-state index in [1.165, 1.54) is 0 Å². The van der Waals surface area contributed by atoms with Crippen molar-refractivity contribution < 1.29 is 4.57 Å². The predicted molar refractivity (Wildman–Crippen MR) is 54.8 cm³/mol. The lowest BCUT2D eigenvalue weighted by atomic mass is 10.1.